The van der Waals surface area contributed by atoms with Crippen molar-refractivity contribution in [3.63, 3.8) is 0 Å². The first-order chi connectivity index (χ1) is 8.74. The number of nitro benzene ring substituents is 1. The van der Waals surface area contributed by atoms with Gasteiger partial charge in [0.25, 0.3) is 5.69 Å². The zero-order valence-corrected chi connectivity index (χ0v) is 9.19. The molecule has 3 aromatic rings. The van der Waals surface area contributed by atoms with E-state index >= 15 is 0 Å². The molecule has 0 aliphatic rings. The van der Waals surface area contributed by atoms with Gasteiger partial charge < -0.3 is 4.42 Å². The molecule has 0 atom stereocenters. The van der Waals surface area contributed by atoms with Gasteiger partial charge in [-0.2, -0.15) is 4.40 Å². The molecule has 6 heteroatoms. The van der Waals surface area contributed by atoms with Crippen LogP contribution in [0.15, 0.2) is 53.3 Å². The summed E-state index contributed by atoms with van der Waals surface area (Å²) in [5.74, 6) is 0.983. The van der Waals surface area contributed by atoms with Crippen molar-refractivity contribution in [1.29, 1.82) is 0 Å². The van der Waals surface area contributed by atoms with Crippen molar-refractivity contribution in [2.45, 2.75) is 0 Å². The van der Waals surface area contributed by atoms with Gasteiger partial charge >= 0.3 is 5.84 Å². The predicted molar refractivity (Wildman–Crippen MR) is 61.8 cm³/mol. The van der Waals surface area contributed by atoms with Crippen LogP contribution in [0.1, 0.15) is 0 Å². The highest BCUT2D eigenvalue weighted by Crippen LogP contribution is 2.23. The molecule has 0 aliphatic carbocycles. The maximum Gasteiger partial charge on any atom is 0.508 e. The molecular weight excluding hydrogens is 234 g/mol. The molecule has 0 radical (unpaired) electrons. The van der Waals surface area contributed by atoms with Crippen molar-refractivity contribution in [2.24, 2.45) is 0 Å². The highest BCUT2D eigenvalue weighted by atomic mass is 16.6. The lowest BCUT2D eigenvalue weighted by Crippen LogP contribution is -2.17. The molecule has 0 saturated heterocycles. The van der Waals surface area contributed by atoms with E-state index < -0.39 is 4.92 Å². The highest BCUT2D eigenvalue weighted by molar-refractivity contribution is 5.60. The second-order valence-electron chi connectivity index (χ2n) is 3.71. The molecule has 2 heterocycles. The summed E-state index contributed by atoms with van der Waals surface area (Å²) in [6, 6.07) is 8.07. The van der Waals surface area contributed by atoms with Crippen LogP contribution < -0.4 is 4.40 Å². The average molecular weight is 242 g/mol. The number of oxazole rings is 1. The Morgan fingerprint density at radius 2 is 2.22 bits per heavy atom. The van der Waals surface area contributed by atoms with Crippen molar-refractivity contribution >= 4 is 11.5 Å². The Morgan fingerprint density at radius 1 is 1.33 bits per heavy atom. The Labute approximate surface area is 101 Å². The first-order valence-corrected chi connectivity index (χ1v) is 5.25. The largest absolute Gasteiger partial charge is 0.508 e. The summed E-state index contributed by atoms with van der Waals surface area (Å²) in [5, 5.41) is 10.7. The summed E-state index contributed by atoms with van der Waals surface area (Å²) < 4.78 is 7.23. The molecule has 0 bridgehead atoms. The summed E-state index contributed by atoms with van der Waals surface area (Å²) in [6.45, 7) is 0. The molecule has 0 aliphatic heterocycles. The first kappa shape index (κ1) is 10.4. The van der Waals surface area contributed by atoms with E-state index in [0.717, 1.165) is 0 Å². The molecule has 6 nitrogen and oxygen atoms in total. The van der Waals surface area contributed by atoms with Crippen molar-refractivity contribution < 1.29 is 13.7 Å². The van der Waals surface area contributed by atoms with Gasteiger partial charge in [0.1, 0.15) is 18.6 Å². The van der Waals surface area contributed by atoms with Crippen LogP contribution in [0.5, 0.6) is 0 Å². The Balaban J connectivity index is 2.13. The fourth-order valence-corrected chi connectivity index (χ4v) is 1.70. The molecule has 2 aromatic heterocycles. The van der Waals surface area contributed by atoms with Gasteiger partial charge in [0, 0.05) is 23.8 Å². The maximum atomic E-state index is 10.7. The molecule has 0 fully saturated rings. The number of nitro groups is 1. The van der Waals surface area contributed by atoms with Gasteiger partial charge in [0.05, 0.1) is 4.92 Å². The number of benzene rings is 1. The Bertz CT molecular complexity index is 703. The molecule has 0 unspecified atom stereocenters. The van der Waals surface area contributed by atoms with Crippen LogP contribution in [-0.2, 0) is 0 Å². The molecule has 0 N–H and O–H groups in total. The lowest BCUT2D eigenvalue weighted by Gasteiger charge is -1.94. The zero-order chi connectivity index (χ0) is 12.5. The summed E-state index contributed by atoms with van der Waals surface area (Å²) in [4.78, 5) is 14.3. The van der Waals surface area contributed by atoms with Crippen LogP contribution in [0.4, 0.5) is 5.69 Å². The summed E-state index contributed by atoms with van der Waals surface area (Å²) >= 11 is 0. The van der Waals surface area contributed by atoms with Gasteiger partial charge in [-0.25, -0.2) is 0 Å². The minimum absolute atomic E-state index is 0.0333. The molecule has 88 valence electrons. The van der Waals surface area contributed by atoms with E-state index in [9.17, 15) is 10.1 Å². The first-order valence-electron chi connectivity index (χ1n) is 5.25. The molecule has 18 heavy (non-hydrogen) atoms. The average Bonchev–Trinajstić information content (AvgIpc) is 2.82. The molecule has 0 saturated carbocycles. The fraction of sp³-hybridized carbons (Fsp3) is 0. The standard InChI is InChI=1S/C12H8N3O3/c16-15(17)10-4-1-3-9(7-10)11-8-14-6-2-5-13-12(14)18-11/h1-8H/q+1. The number of hydrogen-bond donors (Lipinski definition) is 0. The third kappa shape index (κ3) is 1.69. The highest BCUT2D eigenvalue weighted by Gasteiger charge is 2.15. The third-order valence-corrected chi connectivity index (χ3v) is 2.54. The van der Waals surface area contributed by atoms with E-state index in [2.05, 4.69) is 4.98 Å². The van der Waals surface area contributed by atoms with Crippen molar-refractivity contribution in [2.75, 3.05) is 0 Å². The van der Waals surface area contributed by atoms with Crippen LogP contribution in [-0.4, -0.2) is 9.91 Å². The normalized spacial score (nSPS) is 10.7. The monoisotopic (exact) mass is 242 g/mol. The molecule has 3 rings (SSSR count). The van der Waals surface area contributed by atoms with Gasteiger partial charge in [-0.3, -0.25) is 10.1 Å². The molecule has 0 spiro atoms. The van der Waals surface area contributed by atoms with Crippen molar-refractivity contribution in [3.05, 3.63) is 59.0 Å². The number of hydrogen-bond acceptors (Lipinski definition) is 4. The third-order valence-electron chi connectivity index (χ3n) is 2.54. The van der Waals surface area contributed by atoms with Crippen LogP contribution in [0.25, 0.3) is 17.2 Å². The van der Waals surface area contributed by atoms with Crippen LogP contribution in [0, 0.1) is 10.1 Å². The summed E-state index contributed by atoms with van der Waals surface area (Å²) in [5.41, 5.74) is 0.681. The van der Waals surface area contributed by atoms with Gasteiger partial charge in [-0.1, -0.05) is 12.1 Å². The van der Waals surface area contributed by atoms with Crippen LogP contribution in [0.3, 0.4) is 0 Å². The zero-order valence-electron chi connectivity index (χ0n) is 9.19. The number of non-ortho nitro benzene ring substituents is 1. The minimum Gasteiger partial charge on any atom is -0.384 e. The summed E-state index contributed by atoms with van der Waals surface area (Å²) in [7, 11) is 0. The topological polar surface area (TPSA) is 73.3 Å². The smallest absolute Gasteiger partial charge is 0.384 e. The lowest BCUT2D eigenvalue weighted by molar-refractivity contribution is -0.516. The Hall–Kier alpha value is -2.76. The van der Waals surface area contributed by atoms with E-state index in [1.54, 1.807) is 41.2 Å². The number of rotatable bonds is 2. The van der Waals surface area contributed by atoms with Crippen LogP contribution in [0.2, 0.25) is 0 Å². The fourth-order valence-electron chi connectivity index (χ4n) is 1.70. The van der Waals surface area contributed by atoms with Gasteiger partial charge in [0.2, 0.25) is 0 Å². The van der Waals surface area contributed by atoms with E-state index in [1.165, 1.54) is 12.1 Å². The second-order valence-corrected chi connectivity index (χ2v) is 3.71. The molecule has 0 amide bonds. The van der Waals surface area contributed by atoms with E-state index in [1.807, 2.05) is 0 Å². The molecular formula is C12H8N3O3+. The quantitative estimate of drug-likeness (QED) is 0.391. The van der Waals surface area contributed by atoms with Gasteiger partial charge in [-0.15, -0.1) is 0 Å². The Kier molecular flexibility index (Phi) is 2.26. The minimum atomic E-state index is -0.433. The predicted octanol–water partition coefficient (Wildman–Crippen LogP) is 1.99. The van der Waals surface area contributed by atoms with Crippen LogP contribution >= 0.6 is 0 Å². The number of fused-ring (bicyclic) bond motifs is 1. The van der Waals surface area contributed by atoms with E-state index in [0.29, 0.717) is 17.2 Å². The summed E-state index contributed by atoms with van der Waals surface area (Å²) in [6.07, 6.45) is 5.16. The lowest BCUT2D eigenvalue weighted by atomic mass is 10.2. The van der Waals surface area contributed by atoms with Gasteiger partial charge in [-0.05, 0) is 4.98 Å². The second kappa shape index (κ2) is 3.92. The van der Waals surface area contributed by atoms with Gasteiger partial charge in [0.15, 0.2) is 5.76 Å². The molecule has 1 aromatic carbocycles. The van der Waals surface area contributed by atoms with E-state index in [-0.39, 0.29) is 5.69 Å². The number of nitrogens with zero attached hydrogens (tertiary/aromatic N) is 3. The Morgan fingerprint density at radius 3 is 3.00 bits per heavy atom. The van der Waals surface area contributed by atoms with Crippen molar-refractivity contribution in [3.8, 4) is 11.3 Å². The van der Waals surface area contributed by atoms with E-state index in [4.69, 9.17) is 4.42 Å². The SMILES string of the molecule is O=[N+]([O-])c1cccc(-c2c[n+]3cccnc3o2)c1. The number of aromatic nitrogens is 2. The van der Waals surface area contributed by atoms with Crippen molar-refractivity contribution in [1.82, 2.24) is 4.98 Å². The maximum absolute atomic E-state index is 10.7.